The van der Waals surface area contributed by atoms with Gasteiger partial charge in [-0.3, -0.25) is 4.79 Å². The Morgan fingerprint density at radius 3 is 2.80 bits per heavy atom. The standard InChI is InChI=1S/C12H12ClNO/c1-7(2)12(15)10-6-14-11-4-3-8(13)5-9(10)11/h3-7,14H,1-2H3. The molecule has 0 amide bonds. The molecular weight excluding hydrogens is 210 g/mol. The normalized spacial score (nSPS) is 11.2. The minimum Gasteiger partial charge on any atom is -0.360 e. The molecule has 0 aliphatic heterocycles. The molecule has 1 aromatic heterocycles. The molecule has 0 saturated carbocycles. The zero-order valence-corrected chi connectivity index (χ0v) is 9.43. The first-order valence-corrected chi connectivity index (χ1v) is 5.28. The summed E-state index contributed by atoms with van der Waals surface area (Å²) in [5.41, 5.74) is 1.67. The van der Waals surface area contributed by atoms with Crippen molar-refractivity contribution in [2.24, 2.45) is 5.92 Å². The second kappa shape index (κ2) is 3.70. The third-order valence-electron chi connectivity index (χ3n) is 2.43. The van der Waals surface area contributed by atoms with E-state index in [0.29, 0.717) is 5.02 Å². The maximum atomic E-state index is 11.9. The van der Waals surface area contributed by atoms with Crippen LogP contribution < -0.4 is 0 Å². The molecule has 0 saturated heterocycles. The molecule has 0 spiro atoms. The van der Waals surface area contributed by atoms with Crippen molar-refractivity contribution in [3.05, 3.63) is 35.0 Å². The van der Waals surface area contributed by atoms with Gasteiger partial charge >= 0.3 is 0 Å². The van der Waals surface area contributed by atoms with Crippen molar-refractivity contribution in [1.29, 1.82) is 0 Å². The average molecular weight is 222 g/mol. The highest BCUT2D eigenvalue weighted by Crippen LogP contribution is 2.24. The average Bonchev–Trinajstić information content (AvgIpc) is 2.59. The highest BCUT2D eigenvalue weighted by atomic mass is 35.5. The van der Waals surface area contributed by atoms with Crippen LogP contribution in [-0.4, -0.2) is 10.8 Å². The summed E-state index contributed by atoms with van der Waals surface area (Å²) in [5.74, 6) is 0.145. The monoisotopic (exact) mass is 221 g/mol. The summed E-state index contributed by atoms with van der Waals surface area (Å²) in [7, 11) is 0. The Balaban J connectivity index is 2.62. The zero-order chi connectivity index (χ0) is 11.0. The van der Waals surface area contributed by atoms with Crippen LogP contribution in [0.25, 0.3) is 10.9 Å². The number of carbonyl (C=O) groups excluding carboxylic acids is 1. The van der Waals surface area contributed by atoms with Gasteiger partial charge in [0.2, 0.25) is 0 Å². The molecule has 1 aromatic carbocycles. The smallest absolute Gasteiger partial charge is 0.167 e. The molecule has 0 unspecified atom stereocenters. The summed E-state index contributed by atoms with van der Waals surface area (Å²) in [6.07, 6.45) is 1.75. The fraction of sp³-hybridized carbons (Fsp3) is 0.250. The van der Waals surface area contributed by atoms with Gasteiger partial charge in [0.1, 0.15) is 0 Å². The summed E-state index contributed by atoms with van der Waals surface area (Å²) in [6.45, 7) is 3.79. The maximum Gasteiger partial charge on any atom is 0.167 e. The lowest BCUT2D eigenvalue weighted by molar-refractivity contribution is 0.0941. The summed E-state index contributed by atoms with van der Waals surface area (Å²) < 4.78 is 0. The van der Waals surface area contributed by atoms with Crippen molar-refractivity contribution in [2.75, 3.05) is 0 Å². The van der Waals surface area contributed by atoms with Crippen LogP contribution in [0.3, 0.4) is 0 Å². The number of hydrogen-bond acceptors (Lipinski definition) is 1. The molecule has 0 radical (unpaired) electrons. The predicted molar refractivity (Wildman–Crippen MR) is 62.5 cm³/mol. The van der Waals surface area contributed by atoms with E-state index < -0.39 is 0 Å². The summed E-state index contributed by atoms with van der Waals surface area (Å²) >= 11 is 5.91. The number of halogens is 1. The number of rotatable bonds is 2. The lowest BCUT2D eigenvalue weighted by Crippen LogP contribution is -2.06. The molecule has 2 aromatic rings. The molecule has 15 heavy (non-hydrogen) atoms. The second-order valence-corrected chi connectivity index (χ2v) is 4.35. The van der Waals surface area contributed by atoms with Crippen molar-refractivity contribution < 1.29 is 4.79 Å². The Morgan fingerprint density at radius 1 is 1.40 bits per heavy atom. The molecule has 0 aliphatic rings. The molecule has 2 rings (SSSR count). The highest BCUT2D eigenvalue weighted by Gasteiger charge is 2.15. The van der Waals surface area contributed by atoms with Gasteiger partial charge in [0, 0.05) is 33.6 Å². The van der Waals surface area contributed by atoms with Crippen molar-refractivity contribution in [3.63, 3.8) is 0 Å². The third kappa shape index (κ3) is 1.77. The van der Waals surface area contributed by atoms with Gasteiger partial charge in [-0.1, -0.05) is 25.4 Å². The van der Waals surface area contributed by atoms with E-state index in [2.05, 4.69) is 4.98 Å². The van der Waals surface area contributed by atoms with Gasteiger partial charge in [0.15, 0.2) is 5.78 Å². The minimum absolute atomic E-state index is 0.00276. The molecule has 78 valence electrons. The van der Waals surface area contributed by atoms with E-state index in [9.17, 15) is 4.79 Å². The number of nitrogens with one attached hydrogen (secondary N) is 1. The lowest BCUT2D eigenvalue weighted by atomic mass is 10.0. The van der Waals surface area contributed by atoms with E-state index in [1.165, 1.54) is 0 Å². The van der Waals surface area contributed by atoms with Gasteiger partial charge in [-0.25, -0.2) is 0 Å². The SMILES string of the molecule is CC(C)C(=O)c1c[nH]c2ccc(Cl)cc12. The topological polar surface area (TPSA) is 32.9 Å². The Kier molecular flexibility index (Phi) is 2.53. The van der Waals surface area contributed by atoms with Crippen LogP contribution in [0.15, 0.2) is 24.4 Å². The molecule has 0 fully saturated rings. The molecule has 3 heteroatoms. The number of benzene rings is 1. The third-order valence-corrected chi connectivity index (χ3v) is 2.67. The van der Waals surface area contributed by atoms with Crippen LogP contribution in [-0.2, 0) is 0 Å². The second-order valence-electron chi connectivity index (χ2n) is 3.91. The van der Waals surface area contributed by atoms with E-state index in [-0.39, 0.29) is 11.7 Å². The Labute approximate surface area is 93.2 Å². The van der Waals surface area contributed by atoms with E-state index >= 15 is 0 Å². The molecule has 1 N–H and O–H groups in total. The Bertz CT molecular complexity index is 513. The highest BCUT2D eigenvalue weighted by molar-refractivity contribution is 6.31. The van der Waals surface area contributed by atoms with Crippen LogP contribution in [0, 0.1) is 5.92 Å². The van der Waals surface area contributed by atoms with E-state index in [1.54, 1.807) is 6.20 Å². The molecule has 0 aliphatic carbocycles. The quantitative estimate of drug-likeness (QED) is 0.772. The fourth-order valence-corrected chi connectivity index (χ4v) is 1.78. The van der Waals surface area contributed by atoms with E-state index in [0.717, 1.165) is 16.5 Å². The van der Waals surface area contributed by atoms with Gasteiger partial charge in [-0.05, 0) is 18.2 Å². The predicted octanol–water partition coefficient (Wildman–Crippen LogP) is 3.66. The number of hydrogen-bond donors (Lipinski definition) is 1. The summed E-state index contributed by atoms with van der Waals surface area (Å²) in [4.78, 5) is 14.9. The number of ketones is 1. The first-order valence-electron chi connectivity index (χ1n) is 4.90. The van der Waals surface area contributed by atoms with Crippen molar-refractivity contribution in [1.82, 2.24) is 4.98 Å². The first-order chi connectivity index (χ1) is 7.09. The first kappa shape index (κ1) is 10.2. The van der Waals surface area contributed by atoms with Gasteiger partial charge in [0.05, 0.1) is 0 Å². The number of aromatic nitrogens is 1. The molecular formula is C12H12ClNO. The largest absolute Gasteiger partial charge is 0.360 e. The Hall–Kier alpha value is -1.28. The van der Waals surface area contributed by atoms with Crippen LogP contribution >= 0.6 is 11.6 Å². The Morgan fingerprint density at radius 2 is 2.13 bits per heavy atom. The number of aromatic amines is 1. The molecule has 2 nitrogen and oxygen atoms in total. The van der Waals surface area contributed by atoms with Crippen LogP contribution in [0.4, 0.5) is 0 Å². The van der Waals surface area contributed by atoms with Crippen LogP contribution in [0.5, 0.6) is 0 Å². The maximum absolute atomic E-state index is 11.9. The van der Waals surface area contributed by atoms with Crippen molar-refractivity contribution >= 4 is 28.3 Å². The van der Waals surface area contributed by atoms with Crippen molar-refractivity contribution in [2.45, 2.75) is 13.8 Å². The number of fused-ring (bicyclic) bond motifs is 1. The van der Waals surface area contributed by atoms with Crippen molar-refractivity contribution in [3.8, 4) is 0 Å². The number of carbonyl (C=O) groups is 1. The molecule has 0 atom stereocenters. The molecule has 1 heterocycles. The van der Waals surface area contributed by atoms with E-state index in [1.807, 2.05) is 32.0 Å². The lowest BCUT2D eigenvalue weighted by Gasteiger charge is -2.01. The van der Waals surface area contributed by atoms with Gasteiger partial charge in [0.25, 0.3) is 0 Å². The number of H-pyrrole nitrogens is 1. The van der Waals surface area contributed by atoms with Gasteiger partial charge in [-0.15, -0.1) is 0 Å². The molecule has 0 bridgehead atoms. The minimum atomic E-state index is 0.00276. The van der Waals surface area contributed by atoms with Gasteiger partial charge in [-0.2, -0.15) is 0 Å². The van der Waals surface area contributed by atoms with E-state index in [4.69, 9.17) is 11.6 Å². The zero-order valence-electron chi connectivity index (χ0n) is 8.67. The number of Topliss-reactive ketones (excluding diaryl/α,β-unsaturated/α-hetero) is 1. The summed E-state index contributed by atoms with van der Waals surface area (Å²) in [6, 6.07) is 5.52. The summed E-state index contributed by atoms with van der Waals surface area (Å²) in [5, 5.41) is 1.56. The van der Waals surface area contributed by atoms with Gasteiger partial charge < -0.3 is 4.98 Å². The fourth-order valence-electron chi connectivity index (χ4n) is 1.61. The van der Waals surface area contributed by atoms with Crippen LogP contribution in [0.2, 0.25) is 5.02 Å². The van der Waals surface area contributed by atoms with Crippen LogP contribution in [0.1, 0.15) is 24.2 Å².